The second-order valence-electron chi connectivity index (χ2n) is 13.5. The first kappa shape index (κ1) is 31.0. The quantitative estimate of drug-likeness (QED) is 0.305. The number of nitrogens with one attached hydrogen (secondary N) is 1. The fraction of sp³-hybridized carbons (Fsp3) is 0.529. The smallest absolute Gasteiger partial charge is 0.289 e. The molecule has 11 heteroatoms. The maximum atomic E-state index is 13.6. The molecule has 3 N–H and O–H groups in total. The van der Waals surface area contributed by atoms with Crippen molar-refractivity contribution >= 4 is 11.8 Å². The second-order valence-corrected chi connectivity index (χ2v) is 13.5. The first-order valence-corrected chi connectivity index (χ1v) is 15.9. The number of phenols is 2. The zero-order chi connectivity index (χ0) is 32.3. The molecule has 3 aromatic rings. The fourth-order valence-corrected chi connectivity index (χ4v) is 7.37. The predicted octanol–water partition coefficient (Wildman–Crippen LogP) is 5.00. The van der Waals surface area contributed by atoms with Crippen LogP contribution in [0.2, 0.25) is 0 Å². The van der Waals surface area contributed by atoms with E-state index in [2.05, 4.69) is 15.5 Å². The van der Waals surface area contributed by atoms with Gasteiger partial charge in [-0.2, -0.15) is 0 Å². The minimum Gasteiger partial charge on any atom is -0.508 e. The number of aromatic nitrogens is 3. The molecule has 7 rings (SSSR count). The number of benzene rings is 2. The van der Waals surface area contributed by atoms with Crippen molar-refractivity contribution in [2.24, 2.45) is 11.8 Å². The number of hydrogen-bond donors (Lipinski definition) is 3. The van der Waals surface area contributed by atoms with E-state index >= 15 is 0 Å². The van der Waals surface area contributed by atoms with E-state index in [-0.39, 0.29) is 46.7 Å². The Labute approximate surface area is 263 Å². The van der Waals surface area contributed by atoms with Crippen LogP contribution >= 0.6 is 0 Å². The third kappa shape index (κ3) is 5.46. The van der Waals surface area contributed by atoms with Gasteiger partial charge < -0.3 is 29.9 Å². The highest BCUT2D eigenvalue weighted by Gasteiger charge is 2.64. The summed E-state index contributed by atoms with van der Waals surface area (Å²) in [6.45, 7) is 10.5. The molecule has 2 atom stereocenters. The van der Waals surface area contributed by atoms with Crippen LogP contribution in [0.4, 0.5) is 0 Å². The maximum Gasteiger partial charge on any atom is 0.289 e. The zero-order valence-corrected chi connectivity index (χ0v) is 26.8. The van der Waals surface area contributed by atoms with Gasteiger partial charge in [-0.05, 0) is 100 Å². The summed E-state index contributed by atoms with van der Waals surface area (Å²) in [4.78, 5) is 28.3. The molecule has 4 fully saturated rings. The van der Waals surface area contributed by atoms with E-state index in [4.69, 9.17) is 9.47 Å². The van der Waals surface area contributed by atoms with Crippen LogP contribution in [0.1, 0.15) is 92.8 Å². The summed E-state index contributed by atoms with van der Waals surface area (Å²) in [6.07, 6.45) is 4.13. The maximum absolute atomic E-state index is 13.6. The fourth-order valence-electron chi connectivity index (χ4n) is 7.37. The van der Waals surface area contributed by atoms with Gasteiger partial charge in [-0.15, -0.1) is 10.2 Å². The molecule has 11 nitrogen and oxygen atoms in total. The molecular weight excluding hydrogens is 574 g/mol. The Balaban J connectivity index is 1.26. The Bertz CT molecular complexity index is 1610. The minimum absolute atomic E-state index is 0.0283. The number of ether oxygens (including phenoxy) is 2. The number of rotatable bonds is 9. The van der Waals surface area contributed by atoms with Crippen molar-refractivity contribution in [3.8, 4) is 28.6 Å². The molecule has 1 saturated heterocycles. The molecule has 0 unspecified atom stereocenters. The average molecular weight is 618 g/mol. The first-order valence-electron chi connectivity index (χ1n) is 15.9. The molecule has 0 radical (unpaired) electrons. The van der Waals surface area contributed by atoms with E-state index < -0.39 is 11.7 Å². The summed E-state index contributed by atoms with van der Waals surface area (Å²) in [5, 5.41) is 32.4. The number of phenolic OH excluding ortho intramolecular Hbond substituents is 2. The van der Waals surface area contributed by atoms with Crippen LogP contribution in [0.5, 0.6) is 11.5 Å². The van der Waals surface area contributed by atoms with E-state index in [1.165, 1.54) is 18.9 Å². The van der Waals surface area contributed by atoms with Crippen LogP contribution in [0, 0.1) is 11.8 Å². The van der Waals surface area contributed by atoms with Gasteiger partial charge in [0.25, 0.3) is 11.8 Å². The second kappa shape index (κ2) is 11.4. The molecule has 2 bridgehead atoms. The summed E-state index contributed by atoms with van der Waals surface area (Å²) >= 11 is 0. The van der Waals surface area contributed by atoms with Gasteiger partial charge in [-0.3, -0.25) is 14.2 Å². The van der Waals surface area contributed by atoms with E-state index in [0.29, 0.717) is 47.8 Å². The van der Waals surface area contributed by atoms with Gasteiger partial charge in [0.1, 0.15) is 17.1 Å². The predicted molar refractivity (Wildman–Crippen MR) is 167 cm³/mol. The summed E-state index contributed by atoms with van der Waals surface area (Å²) in [5.41, 5.74) is 1.62. The Morgan fingerprint density at radius 2 is 1.80 bits per heavy atom. The summed E-state index contributed by atoms with van der Waals surface area (Å²) in [7, 11) is 1.81. The van der Waals surface area contributed by atoms with Gasteiger partial charge in [0.15, 0.2) is 11.6 Å². The van der Waals surface area contributed by atoms with Crippen LogP contribution in [0.3, 0.4) is 0 Å². The van der Waals surface area contributed by atoms with E-state index in [9.17, 15) is 19.8 Å². The van der Waals surface area contributed by atoms with E-state index in [1.54, 1.807) is 53.8 Å². The van der Waals surface area contributed by atoms with Gasteiger partial charge in [-0.25, -0.2) is 0 Å². The molecular formula is C34H43N5O6. The molecule has 240 valence electrons. The summed E-state index contributed by atoms with van der Waals surface area (Å²) in [6, 6.07) is 9.83. The molecule has 2 amide bonds. The lowest BCUT2D eigenvalue weighted by atomic mass is 9.55. The molecule has 0 spiro atoms. The van der Waals surface area contributed by atoms with Crippen molar-refractivity contribution in [2.75, 3.05) is 20.1 Å². The Kier molecular flexibility index (Phi) is 7.89. The third-order valence-electron chi connectivity index (χ3n) is 9.65. The van der Waals surface area contributed by atoms with Crippen molar-refractivity contribution in [3.63, 3.8) is 0 Å². The van der Waals surface area contributed by atoms with Gasteiger partial charge >= 0.3 is 0 Å². The van der Waals surface area contributed by atoms with Gasteiger partial charge in [-0.1, -0.05) is 13.8 Å². The molecule has 1 aliphatic heterocycles. The Morgan fingerprint density at radius 1 is 1.09 bits per heavy atom. The number of hydrogen-bond acceptors (Lipinski definition) is 8. The summed E-state index contributed by atoms with van der Waals surface area (Å²) < 4.78 is 14.4. The highest BCUT2D eigenvalue weighted by atomic mass is 16.8. The normalized spacial score (nSPS) is 24.6. The van der Waals surface area contributed by atoms with Crippen LogP contribution in [0.15, 0.2) is 36.4 Å². The number of carbonyl (C=O) groups excluding carboxylic acids is 2. The van der Waals surface area contributed by atoms with Gasteiger partial charge in [0, 0.05) is 37.5 Å². The van der Waals surface area contributed by atoms with E-state index in [1.807, 2.05) is 27.7 Å². The van der Waals surface area contributed by atoms with Crippen LogP contribution < -0.4 is 5.32 Å². The Hall–Kier alpha value is -3.96. The third-order valence-corrected chi connectivity index (χ3v) is 9.65. The molecule has 2 heterocycles. The largest absolute Gasteiger partial charge is 0.508 e. The van der Waals surface area contributed by atoms with Crippen molar-refractivity contribution in [2.45, 2.75) is 83.7 Å². The van der Waals surface area contributed by atoms with Crippen LogP contribution in [0.25, 0.3) is 17.1 Å². The highest BCUT2D eigenvalue weighted by Crippen LogP contribution is 2.59. The number of nitrogens with zero attached hydrogens (tertiary/aromatic N) is 4. The Morgan fingerprint density at radius 3 is 2.47 bits per heavy atom. The number of aromatic hydroxyl groups is 2. The monoisotopic (exact) mass is 617 g/mol. The number of amides is 2. The van der Waals surface area contributed by atoms with Gasteiger partial charge in [0.2, 0.25) is 5.82 Å². The molecule has 3 aliphatic carbocycles. The molecule has 2 aromatic carbocycles. The lowest BCUT2D eigenvalue weighted by Crippen LogP contribution is -2.59. The number of carbonyl (C=O) groups is 2. The van der Waals surface area contributed by atoms with Crippen molar-refractivity contribution < 1.29 is 29.3 Å². The minimum atomic E-state index is -0.623. The van der Waals surface area contributed by atoms with Gasteiger partial charge in [0.05, 0.1) is 11.7 Å². The van der Waals surface area contributed by atoms with Crippen molar-refractivity contribution in [1.82, 2.24) is 25.0 Å². The summed E-state index contributed by atoms with van der Waals surface area (Å²) in [5.74, 6) is 0.0138. The van der Waals surface area contributed by atoms with Crippen LogP contribution in [-0.2, 0) is 9.47 Å². The zero-order valence-electron chi connectivity index (χ0n) is 26.8. The molecule has 3 saturated carbocycles. The average Bonchev–Trinajstić information content (AvgIpc) is 3.53. The first-order chi connectivity index (χ1) is 21.3. The molecule has 1 aromatic heterocycles. The molecule has 4 aliphatic rings. The standard InChI is InChI=1S/C34H43N5O6/c1-7-35-31(42)30-37-36-29(25-17-24(19(2)3)26(40)18-27(25)41)39(30)23-10-8-21(9-11-23)32(43)38(6)13-12-34-22-14-20(15-22)16-28(34)44-33(4,5)45-34/h8-11,17-20,22,28,40-41H,7,12-16H2,1-6H3,(H,35,42)/t20-,22+,28-,34+/m0/s1. The lowest BCUT2D eigenvalue weighted by molar-refractivity contribution is -0.188. The van der Waals surface area contributed by atoms with Crippen molar-refractivity contribution in [1.29, 1.82) is 0 Å². The highest BCUT2D eigenvalue weighted by molar-refractivity contribution is 5.95. The lowest BCUT2D eigenvalue weighted by Gasteiger charge is -2.54. The van der Waals surface area contributed by atoms with Crippen LogP contribution in [-0.4, -0.2) is 79.3 Å². The van der Waals surface area contributed by atoms with E-state index in [0.717, 1.165) is 12.3 Å². The SMILES string of the molecule is CCNC(=O)c1nnc(-c2cc(C(C)C)c(O)cc2O)n1-c1ccc(C(=O)N(C)CC[C@]23OC(C)(C)O[C@H]2C[C@H]2C[C@@H]3C2)cc1. The molecule has 45 heavy (non-hydrogen) atoms. The van der Waals surface area contributed by atoms with Crippen molar-refractivity contribution in [3.05, 3.63) is 53.3 Å². The topological polar surface area (TPSA) is 139 Å².